The molecule has 0 saturated carbocycles. The number of nitrogens with zero attached hydrogens (tertiary/aromatic N) is 1. The van der Waals surface area contributed by atoms with Gasteiger partial charge in [-0.05, 0) is 31.0 Å². The van der Waals surface area contributed by atoms with E-state index in [4.69, 9.17) is 19.0 Å². The summed E-state index contributed by atoms with van der Waals surface area (Å²) in [4.78, 5) is 25.4. The molecule has 1 aliphatic rings. The highest BCUT2D eigenvalue weighted by Gasteiger charge is 2.29. The first kappa shape index (κ1) is 17.8. The summed E-state index contributed by atoms with van der Waals surface area (Å²) in [5, 5.41) is 9.09. The molecule has 1 amide bonds. The van der Waals surface area contributed by atoms with Gasteiger partial charge >= 0.3 is 5.97 Å². The molecule has 138 valence electrons. The number of fused-ring (bicyclic) bond motifs is 1. The van der Waals surface area contributed by atoms with Crippen molar-refractivity contribution in [2.45, 2.75) is 19.9 Å². The normalized spacial score (nSPS) is 15.7. The molecule has 0 saturated heterocycles. The number of carbonyl (C=O) groups excluding carboxylic acids is 1. The molecule has 0 radical (unpaired) electrons. The van der Waals surface area contributed by atoms with Crippen LogP contribution in [0.3, 0.4) is 0 Å². The van der Waals surface area contributed by atoms with Gasteiger partial charge < -0.3 is 23.9 Å². The van der Waals surface area contributed by atoms with Gasteiger partial charge in [0.25, 0.3) is 0 Å². The first-order valence-corrected chi connectivity index (χ1v) is 8.26. The average Bonchev–Trinajstić information content (AvgIpc) is 3.00. The number of hydrogen-bond donors (Lipinski definition) is 1. The third kappa shape index (κ3) is 3.51. The highest BCUT2D eigenvalue weighted by Crippen LogP contribution is 2.31. The van der Waals surface area contributed by atoms with Crippen molar-refractivity contribution in [3.05, 3.63) is 46.9 Å². The van der Waals surface area contributed by atoms with Crippen molar-refractivity contribution in [1.82, 2.24) is 4.90 Å². The number of aromatic carboxylic acids is 1. The molecule has 1 aromatic heterocycles. The van der Waals surface area contributed by atoms with Gasteiger partial charge in [0.2, 0.25) is 5.91 Å². The van der Waals surface area contributed by atoms with Crippen LogP contribution in [0, 0.1) is 12.8 Å². The summed E-state index contributed by atoms with van der Waals surface area (Å²) >= 11 is 0. The summed E-state index contributed by atoms with van der Waals surface area (Å²) in [5.74, 6) is 0.819. The van der Waals surface area contributed by atoms with Crippen LogP contribution >= 0.6 is 0 Å². The van der Waals surface area contributed by atoms with Crippen LogP contribution in [-0.4, -0.2) is 42.6 Å². The summed E-state index contributed by atoms with van der Waals surface area (Å²) in [5.41, 5.74) is 1.08. The molecule has 7 nitrogen and oxygen atoms in total. The Morgan fingerprint density at radius 1 is 1.35 bits per heavy atom. The number of carboxylic acid groups (broad SMARTS) is 1. The number of furan rings is 1. The molecule has 2 aromatic rings. The zero-order valence-corrected chi connectivity index (χ0v) is 14.9. The number of ether oxygens (including phenoxy) is 2. The summed E-state index contributed by atoms with van der Waals surface area (Å²) in [7, 11) is 3.27. The zero-order chi connectivity index (χ0) is 18.8. The second-order valence-electron chi connectivity index (χ2n) is 6.37. The molecule has 1 aromatic carbocycles. The Morgan fingerprint density at radius 2 is 2.12 bits per heavy atom. The molecular formula is C19H21NO6. The third-order valence-corrected chi connectivity index (χ3v) is 4.50. The average molecular weight is 359 g/mol. The zero-order valence-electron chi connectivity index (χ0n) is 14.9. The van der Waals surface area contributed by atoms with Crippen molar-refractivity contribution >= 4 is 11.9 Å². The minimum atomic E-state index is -1.04. The fourth-order valence-corrected chi connectivity index (χ4v) is 3.10. The van der Waals surface area contributed by atoms with Crippen molar-refractivity contribution in [3.8, 4) is 11.5 Å². The molecule has 2 heterocycles. The van der Waals surface area contributed by atoms with E-state index >= 15 is 0 Å². The van der Waals surface area contributed by atoms with E-state index in [1.807, 2.05) is 18.2 Å². The first-order chi connectivity index (χ1) is 12.4. The minimum absolute atomic E-state index is 0.0719. The number of benzene rings is 1. The van der Waals surface area contributed by atoms with Crippen molar-refractivity contribution in [2.75, 3.05) is 20.8 Å². The molecule has 0 spiro atoms. The standard InChI is InChI=1S/C19H21NO6/c1-11-16(19(22)23)7-15(26-11)9-20(2)18(21)13-6-12-4-5-14(24-3)8-17(12)25-10-13/h4-5,7-8,13H,6,9-10H2,1-3H3,(H,22,23)/t13-/m0/s1. The highest BCUT2D eigenvalue weighted by molar-refractivity contribution is 5.88. The molecule has 1 aliphatic heterocycles. The molecule has 1 atom stereocenters. The van der Waals surface area contributed by atoms with Crippen LogP contribution < -0.4 is 9.47 Å². The number of methoxy groups -OCH3 is 1. The van der Waals surface area contributed by atoms with Crippen LogP contribution in [0.4, 0.5) is 0 Å². The van der Waals surface area contributed by atoms with E-state index in [9.17, 15) is 9.59 Å². The number of carboxylic acids is 1. The molecule has 1 N–H and O–H groups in total. The van der Waals surface area contributed by atoms with E-state index in [0.29, 0.717) is 30.3 Å². The summed E-state index contributed by atoms with van der Waals surface area (Å²) in [6, 6.07) is 7.03. The smallest absolute Gasteiger partial charge is 0.339 e. The Hall–Kier alpha value is -2.96. The molecule has 26 heavy (non-hydrogen) atoms. The van der Waals surface area contributed by atoms with E-state index < -0.39 is 5.97 Å². The lowest BCUT2D eigenvalue weighted by molar-refractivity contribution is -0.136. The fourth-order valence-electron chi connectivity index (χ4n) is 3.10. The number of aryl methyl sites for hydroxylation is 1. The second-order valence-corrected chi connectivity index (χ2v) is 6.37. The predicted molar refractivity (Wildman–Crippen MR) is 92.6 cm³/mol. The van der Waals surface area contributed by atoms with Gasteiger partial charge in [0.05, 0.1) is 19.6 Å². The second kappa shape index (κ2) is 7.11. The summed E-state index contributed by atoms with van der Waals surface area (Å²) < 4.78 is 16.4. The highest BCUT2D eigenvalue weighted by atomic mass is 16.5. The van der Waals surface area contributed by atoms with Crippen molar-refractivity contribution in [2.24, 2.45) is 5.92 Å². The van der Waals surface area contributed by atoms with Crippen LogP contribution in [0.1, 0.15) is 27.4 Å². The third-order valence-electron chi connectivity index (χ3n) is 4.50. The quantitative estimate of drug-likeness (QED) is 0.882. The Kier molecular flexibility index (Phi) is 4.88. The molecule has 0 aliphatic carbocycles. The topological polar surface area (TPSA) is 89.2 Å². The van der Waals surface area contributed by atoms with E-state index in [1.54, 1.807) is 21.1 Å². The Balaban J connectivity index is 1.67. The maximum Gasteiger partial charge on any atom is 0.339 e. The molecular weight excluding hydrogens is 338 g/mol. The van der Waals surface area contributed by atoms with Crippen LogP contribution in [0.5, 0.6) is 11.5 Å². The molecule has 7 heteroatoms. The Labute approximate surface area is 151 Å². The monoisotopic (exact) mass is 359 g/mol. The largest absolute Gasteiger partial charge is 0.497 e. The lowest BCUT2D eigenvalue weighted by Crippen LogP contribution is -2.38. The van der Waals surface area contributed by atoms with Crippen molar-refractivity contribution in [1.29, 1.82) is 0 Å². The molecule has 0 unspecified atom stereocenters. The maximum absolute atomic E-state index is 12.7. The lowest BCUT2D eigenvalue weighted by Gasteiger charge is -2.28. The van der Waals surface area contributed by atoms with Gasteiger partial charge in [-0.25, -0.2) is 4.79 Å². The van der Waals surface area contributed by atoms with Gasteiger partial charge in [0.15, 0.2) is 0 Å². The lowest BCUT2D eigenvalue weighted by atomic mass is 9.95. The van der Waals surface area contributed by atoms with Gasteiger partial charge in [-0.1, -0.05) is 6.07 Å². The molecule has 0 fully saturated rings. The van der Waals surface area contributed by atoms with Crippen molar-refractivity contribution in [3.63, 3.8) is 0 Å². The van der Waals surface area contributed by atoms with Crippen LogP contribution in [0.25, 0.3) is 0 Å². The molecule has 0 bridgehead atoms. The Bertz CT molecular complexity index is 841. The SMILES string of the molecule is COc1ccc2c(c1)OC[C@@H](C(=O)N(C)Cc1cc(C(=O)O)c(C)o1)C2. The predicted octanol–water partition coefficient (Wildman–Crippen LogP) is 2.50. The van der Waals surface area contributed by atoms with Crippen LogP contribution in [0.15, 0.2) is 28.7 Å². The first-order valence-electron chi connectivity index (χ1n) is 8.26. The summed E-state index contributed by atoms with van der Waals surface area (Å²) in [6.45, 7) is 2.09. The fraction of sp³-hybridized carbons (Fsp3) is 0.368. The Morgan fingerprint density at radius 3 is 2.77 bits per heavy atom. The number of amides is 1. The number of rotatable bonds is 5. The van der Waals surface area contributed by atoms with Gasteiger partial charge in [-0.15, -0.1) is 0 Å². The van der Waals surface area contributed by atoms with E-state index in [2.05, 4.69) is 0 Å². The van der Waals surface area contributed by atoms with Gasteiger partial charge in [-0.2, -0.15) is 0 Å². The van der Waals surface area contributed by atoms with Crippen molar-refractivity contribution < 1.29 is 28.6 Å². The number of hydrogen-bond acceptors (Lipinski definition) is 5. The van der Waals surface area contributed by atoms with Gasteiger partial charge in [-0.3, -0.25) is 4.79 Å². The van der Waals surface area contributed by atoms with Crippen LogP contribution in [-0.2, 0) is 17.8 Å². The van der Waals surface area contributed by atoms with Gasteiger partial charge in [0, 0.05) is 13.1 Å². The van der Waals surface area contributed by atoms with E-state index in [0.717, 1.165) is 11.3 Å². The summed E-state index contributed by atoms with van der Waals surface area (Å²) in [6.07, 6.45) is 0.583. The minimum Gasteiger partial charge on any atom is -0.497 e. The van der Waals surface area contributed by atoms with E-state index in [1.165, 1.54) is 11.0 Å². The molecule has 3 rings (SSSR count). The van der Waals surface area contributed by atoms with Gasteiger partial charge in [0.1, 0.15) is 35.2 Å². The number of carbonyl (C=O) groups is 2. The van der Waals surface area contributed by atoms with E-state index in [-0.39, 0.29) is 23.9 Å². The van der Waals surface area contributed by atoms with Crippen LogP contribution in [0.2, 0.25) is 0 Å². The maximum atomic E-state index is 12.7.